The average Bonchev–Trinajstić information content (AvgIpc) is 3.05. The van der Waals surface area contributed by atoms with Gasteiger partial charge in [0.15, 0.2) is 16.1 Å². The quantitative estimate of drug-likeness (QED) is 0.0303. The van der Waals surface area contributed by atoms with Crippen LogP contribution in [0.5, 0.6) is 0 Å². The molecular formula is C40H84O3SSi. The van der Waals surface area contributed by atoms with Crippen molar-refractivity contribution in [3.05, 3.63) is 0 Å². The van der Waals surface area contributed by atoms with Crippen LogP contribution in [0.2, 0.25) is 6.04 Å². The third-order valence-corrected chi connectivity index (χ3v) is 11.4. The summed E-state index contributed by atoms with van der Waals surface area (Å²) >= 11 is 4.26. The molecule has 0 saturated carbocycles. The molecule has 0 fully saturated rings. The molecule has 0 radical (unpaired) electrons. The van der Waals surface area contributed by atoms with Crippen molar-refractivity contribution < 1.29 is 13.9 Å². The van der Waals surface area contributed by atoms with Crippen molar-refractivity contribution in [3.63, 3.8) is 0 Å². The van der Waals surface area contributed by atoms with Crippen LogP contribution >= 0.6 is 12.6 Å². The number of thiol groups is 1. The average molecular weight is 673 g/mol. The second-order valence-corrected chi connectivity index (χ2v) is 15.9. The third kappa shape index (κ3) is 40.5. The highest BCUT2D eigenvalue weighted by Crippen LogP contribution is 2.16. The summed E-state index contributed by atoms with van der Waals surface area (Å²) in [4.78, 5) is 0. The van der Waals surface area contributed by atoms with Gasteiger partial charge in [0.25, 0.3) is 0 Å². The molecule has 0 N–H and O–H groups in total. The van der Waals surface area contributed by atoms with Crippen molar-refractivity contribution >= 4 is 22.4 Å². The summed E-state index contributed by atoms with van der Waals surface area (Å²) in [5, 5.41) is 0. The molecule has 0 saturated heterocycles. The Bertz CT molecular complexity index is 484. The van der Waals surface area contributed by atoms with Crippen molar-refractivity contribution in [2.45, 2.75) is 232 Å². The van der Waals surface area contributed by atoms with Crippen LogP contribution in [0.1, 0.15) is 219 Å². The Morgan fingerprint density at radius 1 is 0.400 bits per heavy atom. The molecule has 0 unspecified atom stereocenters. The van der Waals surface area contributed by atoms with Gasteiger partial charge in [-0.3, -0.25) is 0 Å². The molecule has 0 aliphatic rings. The van der Waals surface area contributed by atoms with Gasteiger partial charge in [0.05, 0.1) is 0 Å². The van der Waals surface area contributed by atoms with E-state index in [1.807, 2.05) is 0 Å². The van der Waals surface area contributed by atoms with Gasteiger partial charge in [0.2, 0.25) is 0 Å². The van der Waals surface area contributed by atoms with E-state index >= 15 is 0 Å². The first-order valence-electron chi connectivity index (χ1n) is 20.8. The predicted molar refractivity (Wildman–Crippen MR) is 208 cm³/mol. The van der Waals surface area contributed by atoms with Gasteiger partial charge in [-0.15, -0.1) is 0 Å². The van der Waals surface area contributed by atoms with Crippen LogP contribution in [0.4, 0.5) is 0 Å². The first kappa shape index (κ1) is 45.4. The molecule has 272 valence electrons. The van der Waals surface area contributed by atoms with E-state index in [1.54, 1.807) is 0 Å². The maximum atomic E-state index is 6.30. The maximum absolute atomic E-state index is 6.30. The summed E-state index contributed by atoms with van der Waals surface area (Å²) < 4.78 is 18.4. The maximum Gasteiger partial charge on any atom is 0.162 e. The number of ether oxygens (including phenoxy) is 2. The van der Waals surface area contributed by atoms with E-state index in [-0.39, 0.29) is 16.1 Å². The van der Waals surface area contributed by atoms with Crippen molar-refractivity contribution in [1.29, 1.82) is 0 Å². The molecule has 0 bridgehead atoms. The Morgan fingerprint density at radius 3 is 1.07 bits per heavy atom. The largest absolute Gasteiger partial charge is 0.424 e. The molecule has 0 rings (SSSR count). The lowest BCUT2D eigenvalue weighted by atomic mass is 10.1. The summed E-state index contributed by atoms with van der Waals surface area (Å²) in [6.45, 7) is 7.35. The topological polar surface area (TPSA) is 27.7 Å². The predicted octanol–water partition coefficient (Wildman–Crippen LogP) is 13.3. The second kappa shape index (κ2) is 42.5. The van der Waals surface area contributed by atoms with E-state index < -0.39 is 0 Å². The summed E-state index contributed by atoms with van der Waals surface area (Å²) in [6.07, 6.45) is 43.6. The number of unbranched alkanes of at least 4 members (excludes halogenated alkanes) is 28. The monoisotopic (exact) mass is 673 g/mol. The van der Waals surface area contributed by atoms with Crippen molar-refractivity contribution in [1.82, 2.24) is 0 Å². The van der Waals surface area contributed by atoms with Gasteiger partial charge in [-0.1, -0.05) is 187 Å². The van der Waals surface area contributed by atoms with Crippen molar-refractivity contribution in [2.24, 2.45) is 0 Å². The lowest BCUT2D eigenvalue weighted by molar-refractivity contribution is -0.148. The van der Waals surface area contributed by atoms with Gasteiger partial charge < -0.3 is 13.9 Å². The Kier molecular flexibility index (Phi) is 42.9. The van der Waals surface area contributed by atoms with E-state index in [0.29, 0.717) is 0 Å². The third-order valence-electron chi connectivity index (χ3n) is 9.28. The van der Waals surface area contributed by atoms with E-state index in [0.717, 1.165) is 32.0 Å². The van der Waals surface area contributed by atoms with Gasteiger partial charge >= 0.3 is 0 Å². The van der Waals surface area contributed by atoms with E-state index in [2.05, 4.69) is 26.5 Å². The summed E-state index contributed by atoms with van der Waals surface area (Å²) in [5.41, 5.74) is 0. The molecule has 5 heteroatoms. The van der Waals surface area contributed by atoms with E-state index in [9.17, 15) is 0 Å². The van der Waals surface area contributed by atoms with Crippen LogP contribution < -0.4 is 0 Å². The molecule has 0 aromatic carbocycles. The van der Waals surface area contributed by atoms with Crippen molar-refractivity contribution in [3.8, 4) is 0 Å². The fourth-order valence-electron chi connectivity index (χ4n) is 6.20. The summed E-state index contributed by atoms with van der Waals surface area (Å²) in [5.74, 6) is 0.995. The van der Waals surface area contributed by atoms with Gasteiger partial charge in [-0.05, 0) is 43.9 Å². The zero-order valence-corrected chi connectivity index (χ0v) is 33.4. The smallest absolute Gasteiger partial charge is 0.162 e. The van der Waals surface area contributed by atoms with Gasteiger partial charge in [0.1, 0.15) is 0 Å². The molecule has 0 aromatic rings. The zero-order chi connectivity index (χ0) is 32.6. The molecule has 0 aromatic heterocycles. The van der Waals surface area contributed by atoms with Crippen molar-refractivity contribution in [2.75, 3.05) is 25.6 Å². The highest BCUT2D eigenvalue weighted by Gasteiger charge is 2.09. The minimum atomic E-state index is -0.267. The van der Waals surface area contributed by atoms with Gasteiger partial charge in [-0.2, -0.15) is 12.6 Å². The molecule has 0 atom stereocenters. The first-order chi connectivity index (χ1) is 22.3. The molecular weight excluding hydrogens is 589 g/mol. The molecule has 0 heterocycles. The molecule has 0 aliphatic heterocycles. The van der Waals surface area contributed by atoms with Crippen LogP contribution in [-0.2, 0) is 13.9 Å². The first-order valence-corrected chi connectivity index (χ1v) is 23.0. The second-order valence-electron chi connectivity index (χ2n) is 13.9. The summed E-state index contributed by atoms with van der Waals surface area (Å²) in [7, 11) is -0.267. The van der Waals surface area contributed by atoms with Gasteiger partial charge in [0, 0.05) is 19.8 Å². The minimum absolute atomic E-state index is 0.0258. The highest BCUT2D eigenvalue weighted by molar-refractivity contribution is 7.80. The Balaban J connectivity index is 3.87. The van der Waals surface area contributed by atoms with Crippen LogP contribution in [0.3, 0.4) is 0 Å². The summed E-state index contributed by atoms with van der Waals surface area (Å²) in [6, 6.07) is 1.21. The molecule has 45 heavy (non-hydrogen) atoms. The highest BCUT2D eigenvalue weighted by atomic mass is 32.1. The normalized spacial score (nSPS) is 12.0. The van der Waals surface area contributed by atoms with Gasteiger partial charge in [-0.25, -0.2) is 0 Å². The number of rotatable bonds is 41. The number of hydrogen-bond acceptors (Lipinski definition) is 4. The number of hydrogen-bond donors (Lipinski definition) is 1. The zero-order valence-electron chi connectivity index (χ0n) is 31.1. The van der Waals surface area contributed by atoms with E-state index in [1.165, 1.54) is 205 Å². The lowest BCUT2D eigenvalue weighted by Crippen LogP contribution is -2.19. The Hall–Kier alpha value is 0.447. The van der Waals surface area contributed by atoms with E-state index in [4.69, 9.17) is 13.9 Å². The fourth-order valence-corrected chi connectivity index (χ4v) is 7.33. The SMILES string of the molecule is CCCCCCCCCCCCOC(CCCCCCCCCCCCCO[SiH2]CCS)OCCCCCCCCCCCC. The molecule has 0 amide bonds. The Labute approximate surface area is 292 Å². The minimum Gasteiger partial charge on any atom is -0.424 e. The Morgan fingerprint density at radius 2 is 0.711 bits per heavy atom. The lowest BCUT2D eigenvalue weighted by Gasteiger charge is -2.19. The standard InChI is InChI=1S/C40H84O3SSi/c1-3-5-7-9-11-13-19-23-27-31-35-41-40(42-36-32-28-24-20-14-12-10-8-6-4-2)34-30-26-22-18-16-15-17-21-25-29-33-37-43-45-39-38-44/h40,44H,3-39,45H2,1-2H3. The molecule has 3 nitrogen and oxygen atoms in total. The molecule has 0 spiro atoms. The van der Waals surface area contributed by atoms with Crippen LogP contribution in [0.25, 0.3) is 0 Å². The van der Waals surface area contributed by atoms with Crippen LogP contribution in [0, 0.1) is 0 Å². The van der Waals surface area contributed by atoms with Crippen LogP contribution in [-0.4, -0.2) is 41.6 Å². The molecule has 0 aliphatic carbocycles. The van der Waals surface area contributed by atoms with Crippen LogP contribution in [0.15, 0.2) is 0 Å². The fraction of sp³-hybridized carbons (Fsp3) is 1.00.